The van der Waals surface area contributed by atoms with E-state index in [4.69, 9.17) is 5.73 Å². The van der Waals surface area contributed by atoms with Crippen LogP contribution in [-0.2, 0) is 6.42 Å². The lowest BCUT2D eigenvalue weighted by atomic mass is 9.82. The van der Waals surface area contributed by atoms with Crippen molar-refractivity contribution < 1.29 is 0 Å². The van der Waals surface area contributed by atoms with Crippen LogP contribution >= 0.6 is 15.9 Å². The fraction of sp³-hybridized carbons (Fsp3) is 0.625. The summed E-state index contributed by atoms with van der Waals surface area (Å²) < 4.78 is 1.15. The summed E-state index contributed by atoms with van der Waals surface area (Å²) in [5.41, 5.74) is 9.20. The van der Waals surface area contributed by atoms with Gasteiger partial charge in [0.1, 0.15) is 0 Å². The van der Waals surface area contributed by atoms with Gasteiger partial charge < -0.3 is 10.6 Å². The third-order valence-electron chi connectivity index (χ3n) is 4.05. The summed E-state index contributed by atoms with van der Waals surface area (Å²) in [6.07, 6.45) is 3.47. The van der Waals surface area contributed by atoms with Gasteiger partial charge in [0.2, 0.25) is 0 Å². The van der Waals surface area contributed by atoms with Gasteiger partial charge in [-0.1, -0.05) is 35.8 Å². The first kappa shape index (κ1) is 14.9. The van der Waals surface area contributed by atoms with Gasteiger partial charge in [-0.3, -0.25) is 0 Å². The van der Waals surface area contributed by atoms with E-state index in [1.165, 1.54) is 24.1 Å². The molecule has 1 saturated heterocycles. The number of piperidine rings is 1. The zero-order chi connectivity index (χ0) is 14.0. The molecule has 2 nitrogen and oxygen atoms in total. The molecule has 1 atom stereocenters. The number of benzene rings is 1. The van der Waals surface area contributed by atoms with Crippen LogP contribution in [0.2, 0.25) is 0 Å². The Morgan fingerprint density at radius 1 is 1.32 bits per heavy atom. The molecule has 1 fully saturated rings. The predicted octanol–water partition coefficient (Wildman–Crippen LogP) is 3.97. The summed E-state index contributed by atoms with van der Waals surface area (Å²) in [7, 11) is 0. The number of anilines is 1. The van der Waals surface area contributed by atoms with Crippen molar-refractivity contribution in [2.45, 2.75) is 46.1 Å². The van der Waals surface area contributed by atoms with Gasteiger partial charge in [0.25, 0.3) is 0 Å². The van der Waals surface area contributed by atoms with Crippen molar-refractivity contribution in [2.24, 2.45) is 11.1 Å². The first-order valence-corrected chi connectivity index (χ1v) is 7.96. The first-order valence-electron chi connectivity index (χ1n) is 7.16. The van der Waals surface area contributed by atoms with E-state index in [1.807, 2.05) is 0 Å². The van der Waals surface area contributed by atoms with E-state index in [1.54, 1.807) is 0 Å². The monoisotopic (exact) mass is 324 g/mol. The number of nitrogens with two attached hydrogens (primary N) is 1. The maximum absolute atomic E-state index is 5.97. The molecular weight excluding hydrogens is 300 g/mol. The van der Waals surface area contributed by atoms with Crippen LogP contribution in [0.15, 0.2) is 22.7 Å². The van der Waals surface area contributed by atoms with Crippen molar-refractivity contribution in [1.82, 2.24) is 0 Å². The summed E-state index contributed by atoms with van der Waals surface area (Å²) in [5.74, 6) is 0. The molecule has 3 heteroatoms. The molecule has 106 valence electrons. The molecule has 0 amide bonds. The second-order valence-electron chi connectivity index (χ2n) is 6.61. The van der Waals surface area contributed by atoms with Gasteiger partial charge in [-0.25, -0.2) is 0 Å². The Hall–Kier alpha value is -0.540. The van der Waals surface area contributed by atoms with Gasteiger partial charge in [-0.2, -0.15) is 0 Å². The van der Waals surface area contributed by atoms with Crippen molar-refractivity contribution in [3.8, 4) is 0 Å². The van der Waals surface area contributed by atoms with E-state index < -0.39 is 0 Å². The Morgan fingerprint density at radius 3 is 2.53 bits per heavy atom. The van der Waals surface area contributed by atoms with Crippen LogP contribution in [0.25, 0.3) is 0 Å². The highest BCUT2D eigenvalue weighted by Gasteiger charge is 2.26. The van der Waals surface area contributed by atoms with Crippen LogP contribution < -0.4 is 10.6 Å². The molecule has 0 spiro atoms. The maximum Gasteiger partial charge on any atom is 0.0410 e. The highest BCUT2D eigenvalue weighted by Crippen LogP contribution is 2.34. The summed E-state index contributed by atoms with van der Waals surface area (Å²) in [6, 6.07) is 6.79. The maximum atomic E-state index is 5.97. The average molecular weight is 325 g/mol. The van der Waals surface area contributed by atoms with Crippen LogP contribution in [0.5, 0.6) is 0 Å². The van der Waals surface area contributed by atoms with E-state index in [-0.39, 0.29) is 6.04 Å². The fourth-order valence-electron chi connectivity index (χ4n) is 2.70. The van der Waals surface area contributed by atoms with Crippen LogP contribution in [0.3, 0.4) is 0 Å². The summed E-state index contributed by atoms with van der Waals surface area (Å²) in [6.45, 7) is 9.11. The minimum atomic E-state index is 0.209. The SMILES string of the molecule is CC(N)Cc1ccc(Br)cc1N1CCC(C)(C)CC1. The molecular formula is C16H25BrN2. The van der Waals surface area contributed by atoms with Crippen molar-refractivity contribution in [2.75, 3.05) is 18.0 Å². The molecule has 2 N–H and O–H groups in total. The smallest absolute Gasteiger partial charge is 0.0410 e. The molecule has 1 heterocycles. The quantitative estimate of drug-likeness (QED) is 0.911. The fourth-order valence-corrected chi connectivity index (χ4v) is 3.05. The second kappa shape index (κ2) is 5.84. The normalized spacial score (nSPS) is 20.4. The molecule has 19 heavy (non-hydrogen) atoms. The Bertz CT molecular complexity index is 430. The second-order valence-corrected chi connectivity index (χ2v) is 7.52. The van der Waals surface area contributed by atoms with Crippen LogP contribution in [0.4, 0.5) is 5.69 Å². The van der Waals surface area contributed by atoms with E-state index >= 15 is 0 Å². The standard InChI is InChI=1S/C16H25BrN2/c1-12(18)10-13-4-5-14(17)11-15(13)19-8-6-16(2,3)7-9-19/h4-5,11-12H,6-10,18H2,1-3H3. The van der Waals surface area contributed by atoms with E-state index in [9.17, 15) is 0 Å². The molecule has 0 bridgehead atoms. The van der Waals surface area contributed by atoms with E-state index in [2.05, 4.69) is 59.8 Å². The Kier molecular flexibility index (Phi) is 4.57. The number of hydrogen-bond donors (Lipinski definition) is 1. The zero-order valence-corrected chi connectivity index (χ0v) is 13.8. The lowest BCUT2D eigenvalue weighted by Crippen LogP contribution is -2.38. The van der Waals surface area contributed by atoms with Crippen molar-refractivity contribution in [1.29, 1.82) is 0 Å². The highest BCUT2D eigenvalue weighted by atomic mass is 79.9. The third-order valence-corrected chi connectivity index (χ3v) is 4.54. The Morgan fingerprint density at radius 2 is 1.95 bits per heavy atom. The van der Waals surface area contributed by atoms with Crippen LogP contribution in [0, 0.1) is 5.41 Å². The topological polar surface area (TPSA) is 29.3 Å². The van der Waals surface area contributed by atoms with Crippen molar-refractivity contribution in [3.63, 3.8) is 0 Å². The molecule has 0 aliphatic carbocycles. The van der Waals surface area contributed by atoms with E-state index in [0.717, 1.165) is 24.0 Å². The average Bonchev–Trinajstić information content (AvgIpc) is 2.31. The molecule has 2 rings (SSSR count). The molecule has 0 radical (unpaired) electrons. The molecule has 1 aliphatic rings. The molecule has 1 aromatic carbocycles. The molecule has 1 aromatic rings. The van der Waals surface area contributed by atoms with Crippen LogP contribution in [0.1, 0.15) is 39.2 Å². The van der Waals surface area contributed by atoms with Crippen molar-refractivity contribution in [3.05, 3.63) is 28.2 Å². The zero-order valence-electron chi connectivity index (χ0n) is 12.2. The molecule has 0 aromatic heterocycles. The summed E-state index contributed by atoms with van der Waals surface area (Å²) in [5, 5.41) is 0. The van der Waals surface area contributed by atoms with Gasteiger partial charge in [0, 0.05) is 29.3 Å². The van der Waals surface area contributed by atoms with E-state index in [0.29, 0.717) is 5.41 Å². The van der Waals surface area contributed by atoms with Gasteiger partial charge in [0.05, 0.1) is 0 Å². The van der Waals surface area contributed by atoms with Crippen molar-refractivity contribution >= 4 is 21.6 Å². The number of halogens is 1. The van der Waals surface area contributed by atoms with Gasteiger partial charge in [-0.05, 0) is 49.3 Å². The summed E-state index contributed by atoms with van der Waals surface area (Å²) >= 11 is 3.59. The predicted molar refractivity (Wildman–Crippen MR) is 86.7 cm³/mol. The Labute approximate surface area is 125 Å². The molecule has 0 saturated carbocycles. The van der Waals surface area contributed by atoms with Gasteiger partial charge >= 0.3 is 0 Å². The lowest BCUT2D eigenvalue weighted by Gasteiger charge is -2.39. The van der Waals surface area contributed by atoms with Gasteiger partial charge in [0.15, 0.2) is 0 Å². The number of nitrogens with zero attached hydrogens (tertiary/aromatic N) is 1. The van der Waals surface area contributed by atoms with Crippen LogP contribution in [-0.4, -0.2) is 19.1 Å². The highest BCUT2D eigenvalue weighted by molar-refractivity contribution is 9.10. The number of hydrogen-bond acceptors (Lipinski definition) is 2. The summed E-state index contributed by atoms with van der Waals surface area (Å²) in [4.78, 5) is 2.52. The Balaban J connectivity index is 2.21. The molecule has 1 aliphatic heterocycles. The van der Waals surface area contributed by atoms with Gasteiger partial charge in [-0.15, -0.1) is 0 Å². The lowest BCUT2D eigenvalue weighted by molar-refractivity contribution is 0.279. The minimum absolute atomic E-state index is 0.209. The number of rotatable bonds is 3. The first-order chi connectivity index (χ1) is 8.87. The largest absolute Gasteiger partial charge is 0.371 e. The third kappa shape index (κ3) is 3.96. The minimum Gasteiger partial charge on any atom is -0.371 e. The molecule has 1 unspecified atom stereocenters.